The predicted molar refractivity (Wildman–Crippen MR) is 116 cm³/mol. The quantitative estimate of drug-likeness (QED) is 0.682. The minimum Gasteiger partial charge on any atom is -0.452 e. The van der Waals surface area contributed by atoms with Gasteiger partial charge in [0.2, 0.25) is 5.91 Å². The second kappa shape index (κ2) is 10.9. The second-order valence-corrected chi connectivity index (χ2v) is 7.43. The van der Waals surface area contributed by atoms with Gasteiger partial charge in [0.05, 0.1) is 11.6 Å². The third kappa shape index (κ3) is 6.16. The summed E-state index contributed by atoms with van der Waals surface area (Å²) in [6, 6.07) is 17.5. The third-order valence-electron chi connectivity index (χ3n) is 5.21. The Bertz CT molecular complexity index is 945. The Hall–Kier alpha value is -3.66. The fraction of sp³-hybridized carbons (Fsp3) is 0.333. The number of carbonyl (C=O) groups is 3. The van der Waals surface area contributed by atoms with Crippen molar-refractivity contribution in [3.8, 4) is 6.07 Å². The molecule has 0 saturated heterocycles. The Labute approximate surface area is 181 Å². The van der Waals surface area contributed by atoms with Crippen molar-refractivity contribution in [3.63, 3.8) is 0 Å². The van der Waals surface area contributed by atoms with E-state index in [1.165, 1.54) is 18.6 Å². The van der Waals surface area contributed by atoms with Gasteiger partial charge in [-0.05, 0) is 49.2 Å². The molecule has 1 aliphatic carbocycles. The van der Waals surface area contributed by atoms with E-state index in [0.29, 0.717) is 5.69 Å². The molecule has 7 nitrogen and oxygen atoms in total. The number of ether oxygens (including phenoxy) is 1. The maximum absolute atomic E-state index is 13.0. The number of anilines is 2. The molecule has 1 aliphatic rings. The molecule has 160 valence electrons. The number of para-hydroxylation sites is 1. The molecule has 0 spiro atoms. The zero-order chi connectivity index (χ0) is 22.1. The topological polar surface area (TPSA) is 99.5 Å². The van der Waals surface area contributed by atoms with Crippen LogP contribution in [0.5, 0.6) is 0 Å². The van der Waals surface area contributed by atoms with Crippen molar-refractivity contribution in [1.82, 2.24) is 0 Å². The van der Waals surface area contributed by atoms with Gasteiger partial charge in [-0.1, -0.05) is 37.5 Å². The molecule has 0 aromatic heterocycles. The summed E-state index contributed by atoms with van der Waals surface area (Å²) >= 11 is 0. The molecule has 1 N–H and O–H groups in total. The van der Waals surface area contributed by atoms with Crippen LogP contribution in [0.2, 0.25) is 0 Å². The average molecular weight is 419 g/mol. The van der Waals surface area contributed by atoms with Crippen molar-refractivity contribution in [2.45, 2.75) is 44.6 Å². The number of nitrogens with zero attached hydrogens (tertiary/aromatic N) is 2. The Morgan fingerprint density at radius 1 is 1.00 bits per heavy atom. The van der Waals surface area contributed by atoms with Crippen molar-refractivity contribution >= 4 is 29.2 Å². The number of hydrogen-bond donors (Lipinski definition) is 1. The van der Waals surface area contributed by atoms with Crippen LogP contribution < -0.4 is 10.2 Å². The van der Waals surface area contributed by atoms with E-state index in [-0.39, 0.29) is 30.5 Å². The molecule has 31 heavy (non-hydrogen) atoms. The highest BCUT2D eigenvalue weighted by Crippen LogP contribution is 2.27. The SMILES string of the molecule is N#CCC(=O)Nc1ccc(C(=O)OCC(=O)N(c2ccccc2)C2CCCCC2)cc1. The Morgan fingerprint density at radius 3 is 2.32 bits per heavy atom. The fourth-order valence-electron chi connectivity index (χ4n) is 3.73. The molecule has 0 atom stereocenters. The highest BCUT2D eigenvalue weighted by atomic mass is 16.5. The number of amides is 2. The number of nitriles is 1. The highest BCUT2D eigenvalue weighted by molar-refractivity contribution is 5.98. The normalized spacial score (nSPS) is 13.6. The van der Waals surface area contributed by atoms with Crippen LogP contribution >= 0.6 is 0 Å². The minimum absolute atomic E-state index is 0.110. The first kappa shape index (κ1) is 22.0. The van der Waals surface area contributed by atoms with Gasteiger partial charge < -0.3 is 15.0 Å². The largest absolute Gasteiger partial charge is 0.452 e. The van der Waals surface area contributed by atoms with Gasteiger partial charge in [-0.25, -0.2) is 4.79 Å². The van der Waals surface area contributed by atoms with Crippen molar-refractivity contribution < 1.29 is 19.1 Å². The number of nitrogens with one attached hydrogen (secondary N) is 1. The summed E-state index contributed by atoms with van der Waals surface area (Å²) in [4.78, 5) is 38.6. The summed E-state index contributed by atoms with van der Waals surface area (Å²) in [5.41, 5.74) is 1.56. The van der Waals surface area contributed by atoms with Gasteiger partial charge in [0.15, 0.2) is 6.61 Å². The first-order valence-electron chi connectivity index (χ1n) is 10.4. The lowest BCUT2D eigenvalue weighted by atomic mass is 9.93. The standard InChI is InChI=1S/C24H25N3O4/c25-16-15-22(28)26-19-13-11-18(12-14-19)24(30)31-17-23(29)27(20-7-3-1-4-8-20)21-9-5-2-6-10-21/h1,3-4,7-8,11-14,21H,2,5-6,9-10,15,17H2,(H,26,28). The van der Waals surface area contributed by atoms with E-state index in [2.05, 4.69) is 5.32 Å². The minimum atomic E-state index is -0.611. The van der Waals surface area contributed by atoms with E-state index in [1.54, 1.807) is 23.1 Å². The molecule has 2 amide bonds. The average Bonchev–Trinajstić information content (AvgIpc) is 2.80. The Balaban J connectivity index is 1.61. The number of carbonyl (C=O) groups excluding carboxylic acids is 3. The molecule has 1 saturated carbocycles. The summed E-state index contributed by atoms with van der Waals surface area (Å²) in [5, 5.41) is 11.1. The van der Waals surface area contributed by atoms with Crippen molar-refractivity contribution in [2.75, 3.05) is 16.8 Å². The van der Waals surface area contributed by atoms with Crippen LogP contribution in [0, 0.1) is 11.3 Å². The fourth-order valence-corrected chi connectivity index (χ4v) is 3.73. The molecule has 2 aromatic rings. The van der Waals surface area contributed by atoms with E-state index in [0.717, 1.165) is 31.4 Å². The first-order chi connectivity index (χ1) is 15.1. The molecule has 1 fully saturated rings. The molecule has 3 rings (SSSR count). The van der Waals surface area contributed by atoms with Crippen molar-refractivity contribution in [3.05, 3.63) is 60.2 Å². The smallest absolute Gasteiger partial charge is 0.338 e. The summed E-state index contributed by atoms with van der Waals surface area (Å²) < 4.78 is 5.28. The molecular formula is C24H25N3O4. The van der Waals surface area contributed by atoms with Crippen LogP contribution in [0.4, 0.5) is 11.4 Å². The maximum atomic E-state index is 13.0. The monoisotopic (exact) mass is 419 g/mol. The predicted octanol–water partition coefficient (Wildman–Crippen LogP) is 4.06. The van der Waals surface area contributed by atoms with E-state index in [1.807, 2.05) is 30.3 Å². The van der Waals surface area contributed by atoms with Gasteiger partial charge in [-0.3, -0.25) is 9.59 Å². The molecule has 0 aliphatic heterocycles. The van der Waals surface area contributed by atoms with Gasteiger partial charge in [0.1, 0.15) is 6.42 Å². The van der Waals surface area contributed by atoms with Crippen LogP contribution in [0.25, 0.3) is 0 Å². The summed E-state index contributed by atoms with van der Waals surface area (Å²) in [6.07, 6.45) is 4.97. The van der Waals surface area contributed by atoms with E-state index in [9.17, 15) is 14.4 Å². The van der Waals surface area contributed by atoms with Gasteiger partial charge in [-0.2, -0.15) is 5.26 Å². The molecule has 2 aromatic carbocycles. The van der Waals surface area contributed by atoms with E-state index in [4.69, 9.17) is 10.00 Å². The lowest BCUT2D eigenvalue weighted by Crippen LogP contribution is -2.43. The lowest BCUT2D eigenvalue weighted by Gasteiger charge is -2.34. The van der Waals surface area contributed by atoms with E-state index >= 15 is 0 Å². The number of hydrogen-bond acceptors (Lipinski definition) is 5. The van der Waals surface area contributed by atoms with E-state index < -0.39 is 11.9 Å². The molecule has 0 unspecified atom stereocenters. The summed E-state index contributed by atoms with van der Waals surface area (Å²) in [7, 11) is 0. The zero-order valence-corrected chi connectivity index (χ0v) is 17.3. The number of esters is 1. The zero-order valence-electron chi connectivity index (χ0n) is 17.3. The number of benzene rings is 2. The third-order valence-corrected chi connectivity index (χ3v) is 5.21. The van der Waals surface area contributed by atoms with Crippen molar-refractivity contribution in [2.24, 2.45) is 0 Å². The van der Waals surface area contributed by atoms with Crippen LogP contribution in [0.1, 0.15) is 48.9 Å². The van der Waals surface area contributed by atoms with Crippen LogP contribution in [-0.4, -0.2) is 30.4 Å². The second-order valence-electron chi connectivity index (χ2n) is 7.43. The Morgan fingerprint density at radius 2 is 1.68 bits per heavy atom. The van der Waals surface area contributed by atoms with Gasteiger partial charge in [-0.15, -0.1) is 0 Å². The molecule has 0 heterocycles. The first-order valence-corrected chi connectivity index (χ1v) is 10.4. The van der Waals surface area contributed by atoms with Crippen LogP contribution in [0.15, 0.2) is 54.6 Å². The summed E-state index contributed by atoms with van der Waals surface area (Å²) in [6.45, 7) is -0.342. The van der Waals surface area contributed by atoms with Gasteiger partial charge in [0, 0.05) is 17.4 Å². The van der Waals surface area contributed by atoms with Crippen LogP contribution in [-0.2, 0) is 14.3 Å². The van der Waals surface area contributed by atoms with Gasteiger partial charge in [0.25, 0.3) is 5.91 Å². The lowest BCUT2D eigenvalue weighted by molar-refractivity contribution is -0.122. The molecule has 7 heteroatoms. The number of rotatable bonds is 7. The van der Waals surface area contributed by atoms with Gasteiger partial charge >= 0.3 is 5.97 Å². The molecular weight excluding hydrogens is 394 g/mol. The Kier molecular flexibility index (Phi) is 7.77. The molecule has 0 radical (unpaired) electrons. The molecule has 0 bridgehead atoms. The van der Waals surface area contributed by atoms with Crippen molar-refractivity contribution in [1.29, 1.82) is 5.26 Å². The maximum Gasteiger partial charge on any atom is 0.338 e. The summed E-state index contributed by atoms with van der Waals surface area (Å²) in [5.74, 6) is -1.28. The highest BCUT2D eigenvalue weighted by Gasteiger charge is 2.27. The van der Waals surface area contributed by atoms with Crippen LogP contribution in [0.3, 0.4) is 0 Å².